The Kier molecular flexibility index (Phi) is 7.64. The largest absolute Gasteiger partial charge is 0.462 e. The van der Waals surface area contributed by atoms with Crippen molar-refractivity contribution in [3.05, 3.63) is 35.9 Å². The van der Waals surface area contributed by atoms with Gasteiger partial charge < -0.3 is 15.8 Å². The Morgan fingerprint density at radius 1 is 1.23 bits per heavy atom. The lowest BCUT2D eigenvalue weighted by Crippen LogP contribution is -2.38. The molecule has 1 fully saturated rings. The third-order valence-corrected chi connectivity index (χ3v) is 5.34. The number of benzene rings is 1. The molecular weight excluding hydrogens is 328 g/mol. The third kappa shape index (κ3) is 5.84. The van der Waals surface area contributed by atoms with E-state index < -0.39 is 6.04 Å². The van der Waals surface area contributed by atoms with E-state index in [2.05, 4.69) is 26.1 Å². The minimum Gasteiger partial charge on any atom is -0.462 e. The summed E-state index contributed by atoms with van der Waals surface area (Å²) >= 11 is 0. The molecule has 0 radical (unpaired) electrons. The Morgan fingerprint density at radius 2 is 1.92 bits per heavy atom. The first-order valence-electron chi connectivity index (χ1n) is 9.64. The van der Waals surface area contributed by atoms with Crippen molar-refractivity contribution in [2.24, 2.45) is 23.5 Å². The summed E-state index contributed by atoms with van der Waals surface area (Å²) < 4.78 is 5.88. The maximum absolute atomic E-state index is 12.6. The second-order valence-electron chi connectivity index (χ2n) is 7.79. The van der Waals surface area contributed by atoms with Crippen LogP contribution in [0.25, 0.3) is 0 Å². The van der Waals surface area contributed by atoms with Crippen molar-refractivity contribution in [2.75, 3.05) is 6.54 Å². The summed E-state index contributed by atoms with van der Waals surface area (Å²) in [4.78, 5) is 24.4. The molecule has 0 aliphatic heterocycles. The van der Waals surface area contributed by atoms with Crippen LogP contribution in [0.5, 0.6) is 0 Å². The van der Waals surface area contributed by atoms with Gasteiger partial charge in [-0.2, -0.15) is 0 Å². The van der Waals surface area contributed by atoms with Gasteiger partial charge in [0.15, 0.2) is 0 Å². The number of amides is 1. The van der Waals surface area contributed by atoms with Crippen molar-refractivity contribution in [1.82, 2.24) is 5.32 Å². The quantitative estimate of drug-likeness (QED) is 0.732. The molecule has 3 N–H and O–H groups in total. The summed E-state index contributed by atoms with van der Waals surface area (Å²) in [6.45, 7) is 6.49. The number of nitrogens with one attached hydrogen (secondary N) is 1. The van der Waals surface area contributed by atoms with E-state index in [1.165, 1.54) is 6.42 Å². The smallest absolute Gasteiger partial charge is 0.308 e. The van der Waals surface area contributed by atoms with Gasteiger partial charge in [-0.05, 0) is 36.2 Å². The number of nitrogens with two attached hydrogens (primary N) is 1. The summed E-state index contributed by atoms with van der Waals surface area (Å²) in [6, 6.07) is 9.06. The number of ether oxygens (including phenoxy) is 1. The van der Waals surface area contributed by atoms with Gasteiger partial charge in [-0.3, -0.25) is 9.59 Å². The Hall–Kier alpha value is -1.88. The second kappa shape index (κ2) is 9.72. The molecule has 0 unspecified atom stereocenters. The fourth-order valence-electron chi connectivity index (χ4n) is 3.82. The Balaban J connectivity index is 2.04. The van der Waals surface area contributed by atoms with Crippen LogP contribution in [0.2, 0.25) is 0 Å². The van der Waals surface area contributed by atoms with Crippen molar-refractivity contribution in [3.8, 4) is 0 Å². The van der Waals surface area contributed by atoms with Crippen molar-refractivity contribution in [1.29, 1.82) is 0 Å². The zero-order chi connectivity index (χ0) is 19.1. The van der Waals surface area contributed by atoms with Crippen LogP contribution in [0.4, 0.5) is 0 Å². The van der Waals surface area contributed by atoms with Gasteiger partial charge in [-0.15, -0.1) is 0 Å². The molecule has 0 bridgehead atoms. The zero-order valence-electron chi connectivity index (χ0n) is 16.1. The minimum atomic E-state index is -0.418. The standard InChI is InChI=1S/C21H32N2O3/c1-14(2)17-10-9-15(3)11-19(17)26-21(25)12-18(23-20(24)13-22)16-7-5-4-6-8-16/h4-8,14-15,17-19H,9-13,22H2,1-3H3,(H,23,24)/t15-,17-,18-,19+/m1/s1. The van der Waals surface area contributed by atoms with E-state index in [0.29, 0.717) is 17.8 Å². The maximum Gasteiger partial charge on any atom is 0.308 e. The lowest BCUT2D eigenvalue weighted by atomic mass is 9.75. The molecule has 0 spiro atoms. The lowest BCUT2D eigenvalue weighted by molar-refractivity contribution is -0.156. The van der Waals surface area contributed by atoms with Gasteiger partial charge in [0.05, 0.1) is 19.0 Å². The summed E-state index contributed by atoms with van der Waals surface area (Å²) in [7, 11) is 0. The predicted molar refractivity (Wildman–Crippen MR) is 102 cm³/mol. The molecule has 0 aromatic heterocycles. The van der Waals surface area contributed by atoms with Crippen LogP contribution in [-0.4, -0.2) is 24.5 Å². The predicted octanol–water partition coefficient (Wildman–Crippen LogP) is 3.20. The molecule has 5 heteroatoms. The highest BCUT2D eigenvalue weighted by molar-refractivity contribution is 5.79. The number of hydrogen-bond donors (Lipinski definition) is 2. The Morgan fingerprint density at radius 3 is 2.54 bits per heavy atom. The summed E-state index contributed by atoms with van der Waals surface area (Å²) in [5.74, 6) is 0.926. The zero-order valence-corrected chi connectivity index (χ0v) is 16.1. The van der Waals surface area contributed by atoms with Crippen LogP contribution < -0.4 is 11.1 Å². The van der Waals surface area contributed by atoms with E-state index in [9.17, 15) is 9.59 Å². The van der Waals surface area contributed by atoms with E-state index in [-0.39, 0.29) is 30.9 Å². The van der Waals surface area contributed by atoms with Crippen LogP contribution in [0.1, 0.15) is 58.1 Å². The first-order chi connectivity index (χ1) is 12.4. The molecule has 1 aliphatic carbocycles. The highest BCUT2D eigenvalue weighted by atomic mass is 16.5. The molecule has 1 aliphatic rings. The van der Waals surface area contributed by atoms with Crippen LogP contribution in [0, 0.1) is 17.8 Å². The minimum absolute atomic E-state index is 0.0344. The molecule has 2 rings (SSSR count). The molecule has 5 nitrogen and oxygen atoms in total. The normalized spacial score (nSPS) is 24.1. The van der Waals surface area contributed by atoms with Gasteiger partial charge in [-0.1, -0.05) is 57.5 Å². The molecule has 0 heterocycles. The molecule has 0 saturated heterocycles. The molecule has 1 aromatic rings. The first-order valence-corrected chi connectivity index (χ1v) is 9.64. The summed E-state index contributed by atoms with van der Waals surface area (Å²) in [5.41, 5.74) is 6.30. The molecule has 1 amide bonds. The van der Waals surface area contributed by atoms with Crippen LogP contribution >= 0.6 is 0 Å². The van der Waals surface area contributed by atoms with E-state index in [0.717, 1.165) is 18.4 Å². The number of rotatable bonds is 7. The van der Waals surface area contributed by atoms with Gasteiger partial charge in [0.2, 0.25) is 5.91 Å². The number of carbonyl (C=O) groups is 2. The number of esters is 1. The van der Waals surface area contributed by atoms with Crippen LogP contribution in [0.3, 0.4) is 0 Å². The molecule has 26 heavy (non-hydrogen) atoms. The van der Waals surface area contributed by atoms with Crippen LogP contribution in [-0.2, 0) is 14.3 Å². The Labute approximate surface area is 156 Å². The Bertz CT molecular complexity index is 588. The van der Waals surface area contributed by atoms with Gasteiger partial charge in [0.25, 0.3) is 0 Å². The average Bonchev–Trinajstić information content (AvgIpc) is 2.61. The lowest BCUT2D eigenvalue weighted by Gasteiger charge is -2.37. The van der Waals surface area contributed by atoms with Crippen molar-refractivity contribution < 1.29 is 14.3 Å². The summed E-state index contributed by atoms with van der Waals surface area (Å²) in [5, 5.41) is 2.83. The maximum atomic E-state index is 12.6. The average molecular weight is 360 g/mol. The van der Waals surface area contributed by atoms with Crippen molar-refractivity contribution in [3.63, 3.8) is 0 Å². The third-order valence-electron chi connectivity index (χ3n) is 5.34. The van der Waals surface area contributed by atoms with Gasteiger partial charge >= 0.3 is 5.97 Å². The highest BCUT2D eigenvalue weighted by Crippen LogP contribution is 2.35. The molecule has 144 valence electrons. The molecule has 1 saturated carbocycles. The van der Waals surface area contributed by atoms with E-state index in [1.54, 1.807) is 0 Å². The van der Waals surface area contributed by atoms with Crippen molar-refractivity contribution >= 4 is 11.9 Å². The summed E-state index contributed by atoms with van der Waals surface area (Å²) in [6.07, 6.45) is 3.29. The van der Waals surface area contributed by atoms with Crippen molar-refractivity contribution in [2.45, 2.75) is 58.6 Å². The number of hydrogen-bond acceptors (Lipinski definition) is 4. The van der Waals surface area contributed by atoms with E-state index in [4.69, 9.17) is 10.5 Å². The molecule has 1 aromatic carbocycles. The fourth-order valence-corrected chi connectivity index (χ4v) is 3.82. The van der Waals surface area contributed by atoms with Crippen LogP contribution in [0.15, 0.2) is 30.3 Å². The highest BCUT2D eigenvalue weighted by Gasteiger charge is 2.34. The van der Waals surface area contributed by atoms with E-state index >= 15 is 0 Å². The first kappa shape index (κ1) is 20.4. The number of carbonyl (C=O) groups excluding carboxylic acids is 2. The monoisotopic (exact) mass is 360 g/mol. The fraction of sp³-hybridized carbons (Fsp3) is 0.619. The second-order valence-corrected chi connectivity index (χ2v) is 7.79. The topological polar surface area (TPSA) is 81.4 Å². The van der Waals surface area contributed by atoms with Gasteiger partial charge in [-0.25, -0.2) is 0 Å². The molecular formula is C21H32N2O3. The van der Waals surface area contributed by atoms with Gasteiger partial charge in [0, 0.05) is 0 Å². The molecule has 4 atom stereocenters. The SMILES string of the molecule is CC(C)[C@H]1CC[C@@H](C)C[C@@H]1OC(=O)C[C@@H](NC(=O)CN)c1ccccc1. The van der Waals surface area contributed by atoms with Gasteiger partial charge in [0.1, 0.15) is 6.10 Å². The van der Waals surface area contributed by atoms with E-state index in [1.807, 2.05) is 30.3 Å².